The fourth-order valence-corrected chi connectivity index (χ4v) is 2.98. The van der Waals surface area contributed by atoms with Crippen molar-refractivity contribution in [2.45, 2.75) is 52.1 Å². The summed E-state index contributed by atoms with van der Waals surface area (Å²) in [4.78, 5) is 0. The molecule has 1 nitrogen and oxygen atoms in total. The van der Waals surface area contributed by atoms with Crippen LogP contribution in [-0.2, 0) is 22.2 Å². The van der Waals surface area contributed by atoms with E-state index in [9.17, 15) is 4.39 Å². The van der Waals surface area contributed by atoms with Gasteiger partial charge in [-0.15, -0.1) is 0 Å². The van der Waals surface area contributed by atoms with Crippen molar-refractivity contribution in [3.63, 3.8) is 0 Å². The van der Waals surface area contributed by atoms with Gasteiger partial charge in [0.05, 0.1) is 17.7 Å². The standard InChI is InChI=1S/C21H26BrFO/c1-20(2,3)16-7-9-17(10-8-16)21(4,5)14-24-13-15-6-11-19(23)18(22)12-15/h6-12H,13-14H2,1-5H3. The van der Waals surface area contributed by atoms with Crippen LogP contribution >= 0.6 is 15.9 Å². The van der Waals surface area contributed by atoms with Gasteiger partial charge in [-0.2, -0.15) is 0 Å². The van der Waals surface area contributed by atoms with Crippen LogP contribution in [0.15, 0.2) is 46.9 Å². The lowest BCUT2D eigenvalue weighted by atomic mass is 9.81. The number of halogens is 2. The van der Waals surface area contributed by atoms with E-state index < -0.39 is 0 Å². The predicted molar refractivity (Wildman–Crippen MR) is 102 cm³/mol. The Bertz CT molecular complexity index is 684. The monoisotopic (exact) mass is 392 g/mol. The highest BCUT2D eigenvalue weighted by Gasteiger charge is 2.22. The fourth-order valence-electron chi connectivity index (χ4n) is 2.56. The molecule has 0 atom stereocenters. The molecular formula is C21H26BrFO. The highest BCUT2D eigenvalue weighted by molar-refractivity contribution is 9.10. The van der Waals surface area contributed by atoms with Crippen LogP contribution in [0.3, 0.4) is 0 Å². The summed E-state index contributed by atoms with van der Waals surface area (Å²) in [7, 11) is 0. The average molecular weight is 393 g/mol. The van der Waals surface area contributed by atoms with Crippen molar-refractivity contribution in [1.82, 2.24) is 0 Å². The Hall–Kier alpha value is -1.19. The van der Waals surface area contributed by atoms with Gasteiger partial charge in [-0.1, -0.05) is 65.0 Å². The van der Waals surface area contributed by atoms with Gasteiger partial charge in [0, 0.05) is 5.41 Å². The average Bonchev–Trinajstić information content (AvgIpc) is 2.50. The minimum atomic E-state index is -0.252. The molecule has 0 heterocycles. The maximum atomic E-state index is 13.3. The Morgan fingerprint density at radius 2 is 1.50 bits per heavy atom. The first-order valence-electron chi connectivity index (χ1n) is 8.22. The first-order valence-corrected chi connectivity index (χ1v) is 9.01. The van der Waals surface area contributed by atoms with Crippen LogP contribution < -0.4 is 0 Å². The largest absolute Gasteiger partial charge is 0.376 e. The third-order valence-electron chi connectivity index (χ3n) is 4.25. The van der Waals surface area contributed by atoms with E-state index in [1.807, 2.05) is 0 Å². The Kier molecular flexibility index (Phi) is 5.87. The molecule has 3 heteroatoms. The van der Waals surface area contributed by atoms with Crippen LogP contribution in [0.2, 0.25) is 0 Å². The van der Waals surface area contributed by atoms with Gasteiger partial charge in [-0.25, -0.2) is 4.39 Å². The third-order valence-corrected chi connectivity index (χ3v) is 4.86. The number of ether oxygens (including phenoxy) is 1. The van der Waals surface area contributed by atoms with E-state index in [0.29, 0.717) is 17.7 Å². The molecule has 0 fully saturated rings. The van der Waals surface area contributed by atoms with Crippen LogP contribution in [0.5, 0.6) is 0 Å². The summed E-state index contributed by atoms with van der Waals surface area (Å²) in [6.45, 7) is 12.1. The van der Waals surface area contributed by atoms with Crippen LogP contribution in [0.4, 0.5) is 4.39 Å². The first-order chi connectivity index (χ1) is 11.1. The smallest absolute Gasteiger partial charge is 0.137 e. The molecule has 0 saturated heterocycles. The summed E-state index contributed by atoms with van der Waals surface area (Å²) in [5.41, 5.74) is 3.64. The zero-order valence-corrected chi connectivity index (χ0v) is 16.7. The van der Waals surface area contributed by atoms with E-state index in [1.54, 1.807) is 12.1 Å². The summed E-state index contributed by atoms with van der Waals surface area (Å²) in [6, 6.07) is 13.8. The third kappa shape index (κ3) is 4.90. The molecule has 0 aliphatic heterocycles. The maximum absolute atomic E-state index is 13.3. The van der Waals surface area contributed by atoms with E-state index in [2.05, 4.69) is 74.8 Å². The van der Waals surface area contributed by atoms with Gasteiger partial charge >= 0.3 is 0 Å². The van der Waals surface area contributed by atoms with Crippen molar-refractivity contribution >= 4 is 15.9 Å². The lowest BCUT2D eigenvalue weighted by Gasteiger charge is -2.27. The summed E-state index contributed by atoms with van der Waals surface area (Å²) < 4.78 is 19.6. The van der Waals surface area contributed by atoms with Crippen LogP contribution in [0.1, 0.15) is 51.3 Å². The Labute approximate surface area is 153 Å². The molecule has 0 aromatic heterocycles. The number of rotatable bonds is 5. The maximum Gasteiger partial charge on any atom is 0.137 e. The van der Waals surface area contributed by atoms with Gasteiger partial charge < -0.3 is 4.74 Å². The van der Waals surface area contributed by atoms with Crippen LogP contribution in [-0.4, -0.2) is 6.61 Å². The molecule has 0 bridgehead atoms. The molecule has 0 amide bonds. The Morgan fingerprint density at radius 3 is 2.04 bits per heavy atom. The Morgan fingerprint density at radius 1 is 0.917 bits per heavy atom. The lowest BCUT2D eigenvalue weighted by molar-refractivity contribution is 0.0824. The molecular weight excluding hydrogens is 367 g/mol. The first kappa shape index (κ1) is 19.1. The van der Waals surface area contributed by atoms with Gasteiger partial charge in [-0.05, 0) is 50.2 Å². The van der Waals surface area contributed by atoms with Gasteiger partial charge in [0.1, 0.15) is 5.82 Å². The molecule has 2 rings (SSSR count). The topological polar surface area (TPSA) is 9.23 Å². The molecule has 0 N–H and O–H groups in total. The number of hydrogen-bond donors (Lipinski definition) is 0. The van der Waals surface area contributed by atoms with Gasteiger partial charge in [0.15, 0.2) is 0 Å². The predicted octanol–water partition coefficient (Wildman–Crippen LogP) is 6.38. The zero-order chi connectivity index (χ0) is 18.0. The molecule has 0 unspecified atom stereocenters. The molecule has 0 saturated carbocycles. The molecule has 24 heavy (non-hydrogen) atoms. The molecule has 2 aromatic carbocycles. The van der Waals surface area contributed by atoms with Crippen molar-refractivity contribution in [3.8, 4) is 0 Å². The van der Waals surface area contributed by atoms with E-state index in [-0.39, 0.29) is 16.6 Å². The van der Waals surface area contributed by atoms with Crippen molar-refractivity contribution in [2.75, 3.05) is 6.61 Å². The minimum absolute atomic E-state index is 0.0757. The second kappa shape index (κ2) is 7.37. The molecule has 0 radical (unpaired) electrons. The summed E-state index contributed by atoms with van der Waals surface area (Å²) >= 11 is 3.21. The van der Waals surface area contributed by atoms with Gasteiger partial charge in [-0.3, -0.25) is 0 Å². The molecule has 0 aliphatic rings. The second-order valence-electron chi connectivity index (χ2n) is 7.95. The van der Waals surface area contributed by atoms with E-state index in [1.165, 1.54) is 17.2 Å². The summed E-state index contributed by atoms with van der Waals surface area (Å²) in [5, 5.41) is 0. The minimum Gasteiger partial charge on any atom is -0.376 e. The second-order valence-corrected chi connectivity index (χ2v) is 8.81. The molecule has 0 spiro atoms. The van der Waals surface area contributed by atoms with E-state index in [4.69, 9.17) is 4.74 Å². The highest BCUT2D eigenvalue weighted by Crippen LogP contribution is 2.28. The summed E-state index contributed by atoms with van der Waals surface area (Å²) in [6.07, 6.45) is 0. The van der Waals surface area contributed by atoms with Crippen molar-refractivity contribution < 1.29 is 9.13 Å². The zero-order valence-electron chi connectivity index (χ0n) is 15.1. The normalized spacial score (nSPS) is 12.5. The Balaban J connectivity index is 1.99. The van der Waals surface area contributed by atoms with Crippen molar-refractivity contribution in [3.05, 3.63) is 69.4 Å². The SMILES string of the molecule is CC(C)(C)c1ccc(C(C)(C)COCc2ccc(F)c(Br)c2)cc1. The number of benzene rings is 2. The van der Waals surface area contributed by atoms with E-state index in [0.717, 1.165) is 5.56 Å². The fraction of sp³-hybridized carbons (Fsp3) is 0.429. The molecule has 130 valence electrons. The van der Waals surface area contributed by atoms with Crippen molar-refractivity contribution in [2.24, 2.45) is 0 Å². The molecule has 0 aliphatic carbocycles. The van der Waals surface area contributed by atoms with Gasteiger partial charge in [0.2, 0.25) is 0 Å². The van der Waals surface area contributed by atoms with Crippen LogP contribution in [0, 0.1) is 5.82 Å². The van der Waals surface area contributed by atoms with Gasteiger partial charge in [0.25, 0.3) is 0 Å². The summed E-state index contributed by atoms with van der Waals surface area (Å²) in [5.74, 6) is -0.252. The number of hydrogen-bond acceptors (Lipinski definition) is 1. The van der Waals surface area contributed by atoms with Crippen LogP contribution in [0.25, 0.3) is 0 Å². The van der Waals surface area contributed by atoms with Crippen molar-refractivity contribution in [1.29, 1.82) is 0 Å². The lowest BCUT2D eigenvalue weighted by Crippen LogP contribution is -2.24. The molecule has 2 aromatic rings. The highest BCUT2D eigenvalue weighted by atomic mass is 79.9. The quantitative estimate of drug-likeness (QED) is 0.573. The van der Waals surface area contributed by atoms with E-state index >= 15 is 0 Å².